The zero-order valence-corrected chi connectivity index (χ0v) is 16.4. The first-order valence-electron chi connectivity index (χ1n) is 9.46. The molecule has 158 valence electrons. The van der Waals surface area contributed by atoms with Gasteiger partial charge in [0.2, 0.25) is 12.2 Å². The molecule has 8 heteroatoms. The van der Waals surface area contributed by atoms with Crippen LogP contribution in [0.25, 0.3) is 0 Å². The van der Waals surface area contributed by atoms with Gasteiger partial charge in [0.1, 0.15) is 0 Å². The highest BCUT2D eigenvalue weighted by Gasteiger charge is 2.23. The van der Waals surface area contributed by atoms with Gasteiger partial charge in [-0.15, -0.1) is 0 Å². The fourth-order valence-electron chi connectivity index (χ4n) is 2.76. The van der Waals surface area contributed by atoms with E-state index in [4.69, 9.17) is 20.9 Å². The number of carbonyl (C=O) groups excluding carboxylic acids is 4. The van der Waals surface area contributed by atoms with Crippen molar-refractivity contribution in [1.29, 1.82) is 0 Å². The van der Waals surface area contributed by atoms with Crippen molar-refractivity contribution in [3.05, 3.63) is 71.8 Å². The number of unbranched alkanes of at least 4 members (excludes halogenated alkanes) is 1. The molecule has 0 aromatic heterocycles. The first kappa shape index (κ1) is 22.6. The molecule has 0 bridgehead atoms. The lowest BCUT2D eigenvalue weighted by Crippen LogP contribution is -2.26. The van der Waals surface area contributed by atoms with Gasteiger partial charge in [-0.05, 0) is 12.8 Å². The van der Waals surface area contributed by atoms with E-state index in [2.05, 4.69) is 0 Å². The van der Waals surface area contributed by atoms with Gasteiger partial charge >= 0.3 is 11.9 Å². The lowest BCUT2D eigenvalue weighted by Gasteiger charge is -2.15. The minimum atomic E-state index is -1.16. The molecular weight excluding hydrogens is 388 g/mol. The third-order valence-corrected chi connectivity index (χ3v) is 4.23. The molecule has 0 radical (unpaired) electrons. The van der Waals surface area contributed by atoms with Crippen molar-refractivity contribution in [2.75, 3.05) is 0 Å². The van der Waals surface area contributed by atoms with Crippen LogP contribution in [-0.4, -0.2) is 23.8 Å². The number of carbonyl (C=O) groups is 4. The van der Waals surface area contributed by atoms with Crippen molar-refractivity contribution in [2.24, 2.45) is 11.5 Å². The van der Waals surface area contributed by atoms with Crippen LogP contribution in [0.1, 0.15) is 49.0 Å². The van der Waals surface area contributed by atoms with E-state index in [9.17, 15) is 19.2 Å². The Balaban J connectivity index is 1.77. The first-order chi connectivity index (χ1) is 14.4. The number of hydrogen-bond acceptors (Lipinski definition) is 6. The van der Waals surface area contributed by atoms with Crippen LogP contribution in [0.2, 0.25) is 0 Å². The van der Waals surface area contributed by atoms with E-state index >= 15 is 0 Å². The van der Waals surface area contributed by atoms with Crippen molar-refractivity contribution >= 4 is 23.8 Å². The Morgan fingerprint density at radius 2 is 0.967 bits per heavy atom. The standard InChI is InChI=1S/C22H24N2O6/c23-21(27)19(15-9-3-1-4-10-15)29-17(25)13-7-8-14-18(26)30-20(22(24)28)16-11-5-2-6-12-16/h1-6,9-12,19-20H,7-8,13-14H2,(H2,23,27)(H2,24,28). The van der Waals surface area contributed by atoms with Crippen LogP contribution in [0.4, 0.5) is 0 Å². The van der Waals surface area contributed by atoms with E-state index in [0.717, 1.165) is 0 Å². The number of hydrogen-bond donors (Lipinski definition) is 2. The van der Waals surface area contributed by atoms with Crippen molar-refractivity contribution in [3.8, 4) is 0 Å². The predicted molar refractivity (Wildman–Crippen MR) is 107 cm³/mol. The highest BCUT2D eigenvalue weighted by molar-refractivity contribution is 5.84. The Morgan fingerprint density at radius 3 is 1.27 bits per heavy atom. The maximum Gasteiger partial charge on any atom is 0.306 e. The van der Waals surface area contributed by atoms with Crippen LogP contribution in [0.3, 0.4) is 0 Å². The molecule has 0 saturated carbocycles. The average Bonchev–Trinajstić information content (AvgIpc) is 2.74. The first-order valence-corrected chi connectivity index (χ1v) is 9.46. The quantitative estimate of drug-likeness (QED) is 0.428. The normalized spacial score (nSPS) is 12.4. The highest BCUT2D eigenvalue weighted by atomic mass is 16.6. The van der Waals surface area contributed by atoms with Crippen LogP contribution in [0, 0.1) is 0 Å². The fourth-order valence-corrected chi connectivity index (χ4v) is 2.76. The lowest BCUT2D eigenvalue weighted by atomic mass is 10.1. The Hall–Kier alpha value is -3.68. The second-order valence-corrected chi connectivity index (χ2v) is 6.57. The molecule has 0 spiro atoms. The van der Waals surface area contributed by atoms with E-state index in [-0.39, 0.29) is 12.8 Å². The summed E-state index contributed by atoms with van der Waals surface area (Å²) in [5.41, 5.74) is 11.6. The molecule has 30 heavy (non-hydrogen) atoms. The second-order valence-electron chi connectivity index (χ2n) is 6.57. The molecule has 2 amide bonds. The summed E-state index contributed by atoms with van der Waals surface area (Å²) in [6.07, 6.45) is -1.65. The Kier molecular flexibility index (Phi) is 8.56. The van der Waals surface area contributed by atoms with Crippen molar-refractivity contribution in [1.82, 2.24) is 0 Å². The highest BCUT2D eigenvalue weighted by Crippen LogP contribution is 2.20. The lowest BCUT2D eigenvalue weighted by molar-refractivity contribution is -0.156. The summed E-state index contributed by atoms with van der Waals surface area (Å²) in [7, 11) is 0. The van der Waals surface area contributed by atoms with Gasteiger partial charge in [0, 0.05) is 24.0 Å². The summed E-state index contributed by atoms with van der Waals surface area (Å²) < 4.78 is 10.3. The topological polar surface area (TPSA) is 139 Å². The molecule has 4 N–H and O–H groups in total. The van der Waals surface area contributed by atoms with Crippen LogP contribution in [0.15, 0.2) is 60.7 Å². The third-order valence-electron chi connectivity index (χ3n) is 4.23. The zero-order chi connectivity index (χ0) is 21.9. The van der Waals surface area contributed by atoms with E-state index in [1.165, 1.54) is 0 Å². The Morgan fingerprint density at radius 1 is 0.633 bits per heavy atom. The van der Waals surface area contributed by atoms with Gasteiger partial charge in [-0.2, -0.15) is 0 Å². The van der Waals surface area contributed by atoms with E-state index in [1.807, 2.05) is 0 Å². The number of ether oxygens (including phenoxy) is 2. The average molecular weight is 412 g/mol. The molecule has 2 atom stereocenters. The molecule has 0 fully saturated rings. The van der Waals surface area contributed by atoms with Crippen LogP contribution >= 0.6 is 0 Å². The van der Waals surface area contributed by atoms with Gasteiger partial charge in [-0.1, -0.05) is 60.7 Å². The molecule has 0 heterocycles. The number of rotatable bonds is 11. The minimum Gasteiger partial charge on any atom is -0.447 e. The van der Waals surface area contributed by atoms with Gasteiger partial charge in [0.25, 0.3) is 11.8 Å². The Labute approximate surface area is 174 Å². The summed E-state index contributed by atoms with van der Waals surface area (Å²) in [5, 5.41) is 0. The fraction of sp³-hybridized carbons (Fsp3) is 0.273. The molecule has 8 nitrogen and oxygen atoms in total. The molecule has 2 unspecified atom stereocenters. The summed E-state index contributed by atoms with van der Waals surface area (Å²) in [4.78, 5) is 47.2. The van der Waals surface area contributed by atoms with Crippen molar-refractivity contribution in [2.45, 2.75) is 37.9 Å². The molecular formula is C22H24N2O6. The molecule has 0 aliphatic rings. The molecule has 0 aliphatic heterocycles. The maximum atomic E-state index is 12.0. The number of amides is 2. The minimum absolute atomic E-state index is 0.00181. The predicted octanol–water partition coefficient (Wildman–Crippen LogP) is 2.09. The van der Waals surface area contributed by atoms with Crippen molar-refractivity contribution < 1.29 is 28.7 Å². The summed E-state index contributed by atoms with van der Waals surface area (Å²) in [6, 6.07) is 16.9. The van der Waals surface area contributed by atoms with Crippen LogP contribution in [0.5, 0.6) is 0 Å². The van der Waals surface area contributed by atoms with Crippen molar-refractivity contribution in [3.63, 3.8) is 0 Å². The molecule has 0 aliphatic carbocycles. The van der Waals surface area contributed by atoms with Crippen LogP contribution in [-0.2, 0) is 28.7 Å². The summed E-state index contributed by atoms with van der Waals surface area (Å²) in [5.74, 6) is -2.74. The molecule has 2 rings (SSSR count). The number of esters is 2. The zero-order valence-electron chi connectivity index (χ0n) is 16.4. The van der Waals surface area contributed by atoms with Gasteiger partial charge in [0.15, 0.2) is 0 Å². The summed E-state index contributed by atoms with van der Waals surface area (Å²) in [6.45, 7) is 0. The second kappa shape index (κ2) is 11.4. The molecule has 2 aromatic carbocycles. The molecule has 0 saturated heterocycles. The SMILES string of the molecule is NC(=O)C(OC(=O)CCCCC(=O)OC(C(N)=O)c1ccccc1)c1ccccc1. The van der Waals surface area contributed by atoms with Gasteiger partial charge in [-0.25, -0.2) is 0 Å². The van der Waals surface area contributed by atoms with Gasteiger partial charge in [0.05, 0.1) is 0 Å². The van der Waals surface area contributed by atoms with Gasteiger partial charge in [-0.3, -0.25) is 19.2 Å². The van der Waals surface area contributed by atoms with E-state index in [1.54, 1.807) is 60.7 Å². The van der Waals surface area contributed by atoms with E-state index in [0.29, 0.717) is 24.0 Å². The van der Waals surface area contributed by atoms with Crippen LogP contribution < -0.4 is 11.5 Å². The largest absolute Gasteiger partial charge is 0.447 e. The third kappa shape index (κ3) is 7.05. The smallest absolute Gasteiger partial charge is 0.306 e. The summed E-state index contributed by atoms with van der Waals surface area (Å²) >= 11 is 0. The maximum absolute atomic E-state index is 12.0. The monoisotopic (exact) mass is 412 g/mol. The van der Waals surface area contributed by atoms with E-state index < -0.39 is 36.0 Å². The number of benzene rings is 2. The molecule has 2 aromatic rings. The van der Waals surface area contributed by atoms with Gasteiger partial charge < -0.3 is 20.9 Å². The number of nitrogens with two attached hydrogens (primary N) is 2. The Bertz CT molecular complexity index is 796. The number of primary amides is 2.